The highest BCUT2D eigenvalue weighted by molar-refractivity contribution is 6.30. The molecule has 0 saturated heterocycles. The van der Waals surface area contributed by atoms with Crippen molar-refractivity contribution < 1.29 is 34.3 Å². The van der Waals surface area contributed by atoms with Crippen molar-refractivity contribution >= 4 is 11.6 Å². The molecular weight excluding hydrogens is 450 g/mol. The summed E-state index contributed by atoms with van der Waals surface area (Å²) in [7, 11) is 0. The number of rotatable bonds is 14. The normalized spacial score (nSPS) is 16.0. The molecule has 0 aromatic heterocycles. The minimum atomic E-state index is -1.17. The van der Waals surface area contributed by atoms with Gasteiger partial charge < -0.3 is 39.6 Å². The molecule has 9 heteroatoms. The molecule has 182 valence electrons. The number of nitrogens with one attached hydrogen (secondary N) is 1. The van der Waals surface area contributed by atoms with Gasteiger partial charge in [-0.15, -0.1) is 0 Å². The zero-order valence-corrected chi connectivity index (χ0v) is 19.5. The lowest BCUT2D eigenvalue weighted by Crippen LogP contribution is -2.48. The first-order valence-electron chi connectivity index (χ1n) is 11.0. The van der Waals surface area contributed by atoms with Crippen LogP contribution in [0.1, 0.15) is 24.2 Å². The zero-order chi connectivity index (χ0) is 23.7. The molecule has 0 amide bonds. The van der Waals surface area contributed by atoms with E-state index in [2.05, 4.69) is 5.32 Å². The van der Waals surface area contributed by atoms with Gasteiger partial charge in [0.25, 0.3) is 5.79 Å². The van der Waals surface area contributed by atoms with E-state index in [4.69, 9.17) is 40.8 Å². The lowest BCUT2D eigenvalue weighted by molar-refractivity contribution is -0.172. The molecule has 0 saturated carbocycles. The molecule has 2 atom stereocenters. The number of halogens is 1. The zero-order valence-electron chi connectivity index (χ0n) is 18.7. The molecule has 0 radical (unpaired) electrons. The summed E-state index contributed by atoms with van der Waals surface area (Å²) in [5.41, 5.74) is 1.81. The highest BCUT2D eigenvalue weighted by atomic mass is 35.5. The standard InChI is InChI=1S/C24H32ClNO7/c1-17(26-14-21(29)19-3-2-4-20(25)13-19)11-18-5-6-22-23(12-18)33-24(32-22,15-30-9-7-27)16-31-10-8-28/h2-6,12-13,17,21,26-29H,7-11,14-16H2,1H3/t17-,21+/m1/s1. The van der Waals surface area contributed by atoms with Crippen LogP contribution in [0.5, 0.6) is 11.5 Å². The van der Waals surface area contributed by atoms with Gasteiger partial charge in [0.1, 0.15) is 13.2 Å². The molecule has 4 N–H and O–H groups in total. The van der Waals surface area contributed by atoms with E-state index < -0.39 is 11.9 Å². The minimum absolute atomic E-state index is 0.0718. The predicted molar refractivity (Wildman–Crippen MR) is 124 cm³/mol. The van der Waals surface area contributed by atoms with Crippen molar-refractivity contribution in [3.63, 3.8) is 0 Å². The molecule has 8 nitrogen and oxygen atoms in total. The fourth-order valence-corrected chi connectivity index (χ4v) is 3.78. The van der Waals surface area contributed by atoms with Crippen LogP contribution in [-0.2, 0) is 15.9 Å². The van der Waals surface area contributed by atoms with Crippen LogP contribution in [0, 0.1) is 0 Å². The third-order valence-electron chi connectivity index (χ3n) is 5.15. The topological polar surface area (TPSA) is 110 Å². The molecule has 2 aromatic carbocycles. The van der Waals surface area contributed by atoms with E-state index in [0.717, 1.165) is 11.1 Å². The number of ether oxygens (including phenoxy) is 4. The molecule has 2 aromatic rings. The summed E-state index contributed by atoms with van der Waals surface area (Å²) in [6.45, 7) is 2.68. The maximum Gasteiger partial charge on any atom is 0.298 e. The first-order chi connectivity index (χ1) is 15.9. The van der Waals surface area contributed by atoms with Gasteiger partial charge in [-0.1, -0.05) is 29.8 Å². The first-order valence-corrected chi connectivity index (χ1v) is 11.4. The van der Waals surface area contributed by atoms with Crippen LogP contribution in [-0.4, -0.2) is 73.3 Å². The largest absolute Gasteiger partial charge is 0.444 e. The molecule has 3 rings (SSSR count). The van der Waals surface area contributed by atoms with Crippen molar-refractivity contribution in [2.75, 3.05) is 46.2 Å². The van der Waals surface area contributed by atoms with Gasteiger partial charge in [0.15, 0.2) is 11.5 Å². The van der Waals surface area contributed by atoms with Crippen molar-refractivity contribution in [3.8, 4) is 11.5 Å². The Kier molecular flexibility index (Phi) is 9.76. The quantitative estimate of drug-likeness (QED) is 0.304. The van der Waals surface area contributed by atoms with Crippen molar-refractivity contribution in [2.24, 2.45) is 0 Å². The number of benzene rings is 2. The summed E-state index contributed by atoms with van der Waals surface area (Å²) in [5.74, 6) is -0.00856. The Morgan fingerprint density at radius 2 is 1.70 bits per heavy atom. The Morgan fingerprint density at radius 3 is 2.36 bits per heavy atom. The van der Waals surface area contributed by atoms with Crippen LogP contribution in [0.15, 0.2) is 42.5 Å². The van der Waals surface area contributed by atoms with Crippen LogP contribution in [0.3, 0.4) is 0 Å². The van der Waals surface area contributed by atoms with Gasteiger partial charge in [-0.3, -0.25) is 0 Å². The molecule has 0 fully saturated rings. The smallest absolute Gasteiger partial charge is 0.298 e. The van der Waals surface area contributed by atoms with E-state index in [1.165, 1.54) is 0 Å². The van der Waals surface area contributed by atoms with E-state index in [9.17, 15) is 5.11 Å². The average Bonchev–Trinajstić information content (AvgIpc) is 3.15. The Balaban J connectivity index is 1.56. The SMILES string of the molecule is C[C@H](Cc1ccc2c(c1)OC(COCCO)(COCCO)O2)NC[C@H](O)c1cccc(Cl)c1. The Hall–Kier alpha value is -1.91. The highest BCUT2D eigenvalue weighted by Crippen LogP contribution is 2.40. The second-order valence-corrected chi connectivity index (χ2v) is 8.47. The van der Waals surface area contributed by atoms with Gasteiger partial charge in [0, 0.05) is 17.6 Å². The molecule has 0 spiro atoms. The van der Waals surface area contributed by atoms with Crippen molar-refractivity contribution in [1.29, 1.82) is 0 Å². The lowest BCUT2D eigenvalue weighted by atomic mass is 10.1. The first kappa shape index (κ1) is 25.7. The molecular formula is C24H32ClNO7. The lowest BCUT2D eigenvalue weighted by Gasteiger charge is -2.27. The van der Waals surface area contributed by atoms with Gasteiger partial charge in [0.05, 0.1) is 32.5 Å². The van der Waals surface area contributed by atoms with E-state index in [-0.39, 0.29) is 45.7 Å². The fraction of sp³-hybridized carbons (Fsp3) is 0.500. The molecule has 1 heterocycles. The summed E-state index contributed by atoms with van der Waals surface area (Å²) in [5, 5.41) is 32.3. The van der Waals surface area contributed by atoms with E-state index in [1.807, 2.05) is 37.3 Å². The van der Waals surface area contributed by atoms with Crippen molar-refractivity contribution in [2.45, 2.75) is 31.3 Å². The number of aliphatic hydroxyl groups is 3. The Labute approximate surface area is 199 Å². The van der Waals surface area contributed by atoms with Crippen molar-refractivity contribution in [1.82, 2.24) is 5.32 Å². The number of fused-ring (bicyclic) bond motifs is 1. The molecule has 0 bridgehead atoms. The highest BCUT2D eigenvalue weighted by Gasteiger charge is 2.42. The molecule has 0 aliphatic carbocycles. The number of hydrogen-bond acceptors (Lipinski definition) is 8. The minimum Gasteiger partial charge on any atom is -0.444 e. The van der Waals surface area contributed by atoms with E-state index in [0.29, 0.717) is 29.5 Å². The van der Waals surface area contributed by atoms with Crippen LogP contribution >= 0.6 is 11.6 Å². The summed E-state index contributed by atoms with van der Waals surface area (Å²) in [6, 6.07) is 13.0. The molecule has 33 heavy (non-hydrogen) atoms. The summed E-state index contributed by atoms with van der Waals surface area (Å²) >= 11 is 6.00. The summed E-state index contributed by atoms with van der Waals surface area (Å²) < 4.78 is 22.9. The maximum atomic E-state index is 10.4. The summed E-state index contributed by atoms with van der Waals surface area (Å²) in [4.78, 5) is 0. The van der Waals surface area contributed by atoms with Crippen LogP contribution in [0.2, 0.25) is 5.02 Å². The van der Waals surface area contributed by atoms with Crippen molar-refractivity contribution in [3.05, 3.63) is 58.6 Å². The second kappa shape index (κ2) is 12.5. The second-order valence-electron chi connectivity index (χ2n) is 8.03. The van der Waals surface area contributed by atoms with Crippen LogP contribution in [0.4, 0.5) is 0 Å². The molecule has 0 unspecified atom stereocenters. The predicted octanol–water partition coefficient (Wildman–Crippen LogP) is 2.08. The monoisotopic (exact) mass is 481 g/mol. The van der Waals surface area contributed by atoms with Gasteiger partial charge >= 0.3 is 0 Å². The Bertz CT molecular complexity index is 872. The Morgan fingerprint density at radius 1 is 1.00 bits per heavy atom. The molecule has 1 aliphatic heterocycles. The van der Waals surface area contributed by atoms with Gasteiger partial charge in [-0.25, -0.2) is 0 Å². The third-order valence-corrected chi connectivity index (χ3v) is 5.39. The number of hydrogen-bond donors (Lipinski definition) is 4. The fourth-order valence-electron chi connectivity index (χ4n) is 3.58. The van der Waals surface area contributed by atoms with Crippen LogP contribution < -0.4 is 14.8 Å². The maximum absolute atomic E-state index is 10.4. The van der Waals surface area contributed by atoms with E-state index in [1.54, 1.807) is 12.1 Å². The molecule has 1 aliphatic rings. The third kappa shape index (κ3) is 7.55. The van der Waals surface area contributed by atoms with Gasteiger partial charge in [-0.2, -0.15) is 0 Å². The van der Waals surface area contributed by atoms with E-state index >= 15 is 0 Å². The number of aliphatic hydroxyl groups excluding tert-OH is 3. The summed E-state index contributed by atoms with van der Waals surface area (Å²) in [6.07, 6.45) is 0.0647. The van der Waals surface area contributed by atoms with Crippen LogP contribution in [0.25, 0.3) is 0 Å². The van der Waals surface area contributed by atoms with Gasteiger partial charge in [-0.05, 0) is 48.7 Å². The van der Waals surface area contributed by atoms with Gasteiger partial charge in [0.2, 0.25) is 0 Å². The average molecular weight is 482 g/mol.